The van der Waals surface area contributed by atoms with Crippen LogP contribution in [0.5, 0.6) is 11.5 Å². The maximum Gasteiger partial charge on any atom is 0.331 e. The predicted octanol–water partition coefficient (Wildman–Crippen LogP) is 6.32. The molecule has 9 nitrogen and oxygen atoms in total. The smallest absolute Gasteiger partial charge is 0.331 e. The topological polar surface area (TPSA) is 111 Å². The molecule has 0 aliphatic carbocycles. The molecule has 3 amide bonds. The normalized spacial score (nSPS) is 16.4. The van der Waals surface area contributed by atoms with Crippen LogP contribution in [-0.2, 0) is 6.42 Å². The Balaban J connectivity index is 1.31. The lowest BCUT2D eigenvalue weighted by Gasteiger charge is -2.30. The van der Waals surface area contributed by atoms with Gasteiger partial charge >= 0.3 is 6.03 Å². The van der Waals surface area contributed by atoms with Gasteiger partial charge in [0.2, 0.25) is 0 Å². The molecule has 2 N–H and O–H groups in total. The molecule has 1 fully saturated rings. The molecule has 10 heteroatoms. The third kappa shape index (κ3) is 4.58. The molecule has 2 aromatic carbocycles. The lowest BCUT2D eigenvalue weighted by molar-refractivity contribution is 0.0923. The molecular formula is C30H28N6O3S. The van der Waals surface area contributed by atoms with E-state index < -0.39 is 0 Å². The maximum absolute atomic E-state index is 13.5. The average molecular weight is 553 g/mol. The largest absolute Gasteiger partial charge is 0.457 e. The summed E-state index contributed by atoms with van der Waals surface area (Å²) in [6.45, 7) is 5.22. The summed E-state index contributed by atoms with van der Waals surface area (Å²) in [5, 5.41) is 16.0. The summed E-state index contributed by atoms with van der Waals surface area (Å²) in [6, 6.07) is 14.9. The number of hydrogen-bond donors (Lipinski definition) is 2. The summed E-state index contributed by atoms with van der Waals surface area (Å²) < 4.78 is 6.18. The van der Waals surface area contributed by atoms with E-state index in [0.717, 1.165) is 41.5 Å². The van der Waals surface area contributed by atoms with Crippen LogP contribution < -0.4 is 20.3 Å². The van der Waals surface area contributed by atoms with Crippen LogP contribution in [0.25, 0.3) is 10.2 Å². The molecule has 0 spiro atoms. The van der Waals surface area contributed by atoms with E-state index in [1.165, 1.54) is 11.3 Å². The van der Waals surface area contributed by atoms with Crippen molar-refractivity contribution in [2.45, 2.75) is 39.2 Å². The molecule has 4 heterocycles. The van der Waals surface area contributed by atoms with Crippen molar-refractivity contribution in [2.24, 2.45) is 0 Å². The number of aromatic nitrogens is 1. The third-order valence-electron chi connectivity index (χ3n) is 7.34. The van der Waals surface area contributed by atoms with E-state index in [1.54, 1.807) is 22.1 Å². The van der Waals surface area contributed by atoms with Crippen LogP contribution >= 0.6 is 11.3 Å². The highest BCUT2D eigenvalue weighted by Crippen LogP contribution is 2.46. The maximum atomic E-state index is 13.5. The molecule has 40 heavy (non-hydrogen) atoms. The summed E-state index contributed by atoms with van der Waals surface area (Å²) >= 11 is 1.25. The van der Waals surface area contributed by atoms with Gasteiger partial charge in [-0.05, 0) is 67.6 Å². The first-order valence-corrected chi connectivity index (χ1v) is 14.1. The molecule has 1 unspecified atom stereocenters. The van der Waals surface area contributed by atoms with Crippen molar-refractivity contribution < 1.29 is 14.3 Å². The van der Waals surface area contributed by atoms with Gasteiger partial charge in [-0.1, -0.05) is 25.1 Å². The Kier molecular flexibility index (Phi) is 6.74. The number of carbonyl (C=O) groups is 2. The van der Waals surface area contributed by atoms with Crippen molar-refractivity contribution in [3.05, 3.63) is 70.7 Å². The number of nitrogens with one attached hydrogen (secondary N) is 2. The zero-order chi connectivity index (χ0) is 27.8. The van der Waals surface area contributed by atoms with Crippen LogP contribution in [0.3, 0.4) is 0 Å². The summed E-state index contributed by atoms with van der Waals surface area (Å²) in [6.07, 6.45) is 6.32. The van der Waals surface area contributed by atoms with E-state index >= 15 is 0 Å². The number of anilines is 3. The number of thiophene rings is 1. The van der Waals surface area contributed by atoms with E-state index in [2.05, 4.69) is 28.7 Å². The lowest BCUT2D eigenvalue weighted by atomic mass is 10.1. The van der Waals surface area contributed by atoms with Crippen molar-refractivity contribution in [2.75, 3.05) is 23.3 Å². The number of urea groups is 1. The van der Waals surface area contributed by atoms with E-state index in [0.29, 0.717) is 45.6 Å². The summed E-state index contributed by atoms with van der Waals surface area (Å²) in [4.78, 5) is 35.7. The summed E-state index contributed by atoms with van der Waals surface area (Å²) in [7, 11) is 0. The van der Waals surface area contributed by atoms with Crippen molar-refractivity contribution in [1.29, 1.82) is 5.26 Å². The number of nitrogens with zero attached hydrogens (tertiary/aromatic N) is 4. The number of nitriles is 1. The van der Waals surface area contributed by atoms with E-state index in [1.807, 2.05) is 49.4 Å². The summed E-state index contributed by atoms with van der Waals surface area (Å²) in [5.74, 6) is 1.23. The number of ether oxygens (including phenoxy) is 1. The highest BCUT2D eigenvalue weighted by Gasteiger charge is 2.34. The van der Waals surface area contributed by atoms with Crippen molar-refractivity contribution in [1.82, 2.24) is 15.2 Å². The number of hydrogen-bond acceptors (Lipinski definition) is 7. The predicted molar refractivity (Wildman–Crippen MR) is 156 cm³/mol. The Bertz CT molecular complexity index is 1680. The fourth-order valence-electron chi connectivity index (χ4n) is 5.39. The van der Waals surface area contributed by atoms with E-state index in [-0.39, 0.29) is 18.0 Å². The number of pyridine rings is 1. The molecule has 0 bridgehead atoms. The Hall–Kier alpha value is -4.62. The minimum absolute atomic E-state index is 0.130. The number of rotatable bonds is 6. The highest BCUT2D eigenvalue weighted by atomic mass is 32.1. The average Bonchev–Trinajstić information content (AvgIpc) is 3.34. The molecule has 2 aliphatic heterocycles. The molecule has 1 saturated heterocycles. The quantitative estimate of drug-likeness (QED) is 0.271. The van der Waals surface area contributed by atoms with Gasteiger partial charge in [0.25, 0.3) is 5.91 Å². The van der Waals surface area contributed by atoms with Crippen LogP contribution in [0.1, 0.15) is 40.6 Å². The van der Waals surface area contributed by atoms with Gasteiger partial charge in [-0.3, -0.25) is 9.69 Å². The monoisotopic (exact) mass is 552 g/mol. The number of piperidine rings is 1. The fourth-order valence-corrected chi connectivity index (χ4v) is 6.41. The van der Waals surface area contributed by atoms with Crippen molar-refractivity contribution >= 4 is 50.6 Å². The van der Waals surface area contributed by atoms with Gasteiger partial charge in [0.1, 0.15) is 21.2 Å². The second-order valence-corrected chi connectivity index (χ2v) is 11.0. The minimum atomic E-state index is -0.353. The Labute approximate surface area is 236 Å². The van der Waals surface area contributed by atoms with Crippen LogP contribution in [0, 0.1) is 18.4 Å². The molecule has 0 radical (unpaired) electrons. The summed E-state index contributed by atoms with van der Waals surface area (Å²) in [5.41, 5.74) is 3.84. The number of amides is 3. The Morgan fingerprint density at radius 2 is 2.10 bits per heavy atom. The van der Waals surface area contributed by atoms with Crippen LogP contribution in [0.4, 0.5) is 21.9 Å². The zero-order valence-corrected chi connectivity index (χ0v) is 23.0. The molecule has 6 rings (SSSR count). The van der Waals surface area contributed by atoms with Gasteiger partial charge in [-0.25, -0.2) is 9.78 Å². The number of aryl methyl sites for hydroxylation is 2. The van der Waals surface area contributed by atoms with Gasteiger partial charge in [0.15, 0.2) is 6.19 Å². The molecular weight excluding hydrogens is 524 g/mol. The number of benzene rings is 2. The first-order chi connectivity index (χ1) is 19.5. The first-order valence-electron chi connectivity index (χ1n) is 13.3. The number of carbonyl (C=O) groups excluding carboxylic acids is 2. The number of para-hydroxylation sites is 1. The van der Waals surface area contributed by atoms with Gasteiger partial charge in [-0.15, -0.1) is 11.3 Å². The van der Waals surface area contributed by atoms with Crippen LogP contribution in [0.2, 0.25) is 0 Å². The van der Waals surface area contributed by atoms with Gasteiger partial charge in [0.05, 0.1) is 22.4 Å². The molecule has 2 aliphatic rings. The third-order valence-corrected chi connectivity index (χ3v) is 8.44. The Morgan fingerprint density at radius 1 is 1.25 bits per heavy atom. The van der Waals surface area contributed by atoms with Gasteiger partial charge in [0, 0.05) is 25.3 Å². The van der Waals surface area contributed by atoms with Crippen molar-refractivity contribution in [3.8, 4) is 17.7 Å². The van der Waals surface area contributed by atoms with Crippen molar-refractivity contribution in [3.63, 3.8) is 0 Å². The van der Waals surface area contributed by atoms with Gasteiger partial charge < -0.3 is 20.3 Å². The fraction of sp³-hybridized carbons (Fsp3) is 0.267. The standard InChI is InChI=1S/C30H28N6O3S/c1-3-19-7-4-5-9-24(19)39-21-10-11-22(18(2)15-21)36-23-12-13-32-29-25(23)26(34-30(36)38)27(40-29)28(37)33-20-8-6-14-35(16-20)17-31/h4-5,7,9-13,15,20H,3,6,8,14,16H2,1-2H3,(H,33,37)(H,34,38). The van der Waals surface area contributed by atoms with Crippen LogP contribution in [0.15, 0.2) is 54.7 Å². The SMILES string of the molecule is CCc1ccccc1Oc1ccc(N2C(=O)Nc3c(C(=O)NC4CCCN(C#N)C4)sc4nccc2c34)c(C)c1. The van der Waals surface area contributed by atoms with E-state index in [9.17, 15) is 14.9 Å². The molecule has 0 saturated carbocycles. The Morgan fingerprint density at radius 3 is 2.90 bits per heavy atom. The lowest BCUT2D eigenvalue weighted by Crippen LogP contribution is -2.46. The van der Waals surface area contributed by atoms with Gasteiger partial charge in [-0.2, -0.15) is 5.26 Å². The second-order valence-electron chi connectivity index (χ2n) is 9.95. The molecule has 2 aromatic heterocycles. The molecule has 1 atom stereocenters. The minimum Gasteiger partial charge on any atom is -0.457 e. The zero-order valence-electron chi connectivity index (χ0n) is 22.2. The second kappa shape index (κ2) is 10.5. The van der Waals surface area contributed by atoms with Crippen LogP contribution in [-0.4, -0.2) is 41.0 Å². The molecule has 202 valence electrons. The first kappa shape index (κ1) is 25.6. The van der Waals surface area contributed by atoms with E-state index in [4.69, 9.17) is 4.74 Å². The molecule has 4 aromatic rings. The number of likely N-dealkylation sites (tertiary alicyclic amines) is 1. The highest BCUT2D eigenvalue weighted by molar-refractivity contribution is 7.21.